The highest BCUT2D eigenvalue weighted by molar-refractivity contribution is 6.30. The van der Waals surface area contributed by atoms with Gasteiger partial charge in [-0.25, -0.2) is 9.78 Å². The molecule has 1 unspecified atom stereocenters. The molecule has 1 aromatic heterocycles. The van der Waals surface area contributed by atoms with Crippen molar-refractivity contribution in [2.24, 2.45) is 4.99 Å². The van der Waals surface area contributed by atoms with E-state index in [0.29, 0.717) is 43.8 Å². The maximum atomic E-state index is 13.6. The Morgan fingerprint density at radius 2 is 2.00 bits per heavy atom. The molecule has 0 bridgehead atoms. The van der Waals surface area contributed by atoms with E-state index in [0.717, 1.165) is 35.7 Å². The van der Waals surface area contributed by atoms with Crippen molar-refractivity contribution < 1.29 is 14.3 Å². The van der Waals surface area contributed by atoms with Crippen LogP contribution in [0.3, 0.4) is 0 Å². The van der Waals surface area contributed by atoms with Crippen LogP contribution in [0.5, 0.6) is 0 Å². The number of fused-ring (bicyclic) bond motifs is 3. The second-order valence-corrected chi connectivity index (χ2v) is 8.24. The van der Waals surface area contributed by atoms with Gasteiger partial charge in [-0.2, -0.15) is 0 Å². The molecule has 9 heteroatoms. The highest BCUT2D eigenvalue weighted by atomic mass is 35.5. The first-order chi connectivity index (χ1) is 15.2. The van der Waals surface area contributed by atoms with Crippen LogP contribution in [-0.2, 0) is 16.0 Å². The third-order valence-corrected chi connectivity index (χ3v) is 6.08. The Bertz CT molecular complexity index is 1010. The third kappa shape index (κ3) is 3.75. The Balaban J connectivity index is 1.55. The monoisotopic (exact) mass is 441 g/mol. The summed E-state index contributed by atoms with van der Waals surface area (Å²) in [6, 6.07) is 9.36. The van der Waals surface area contributed by atoms with Crippen molar-refractivity contribution in [3.63, 3.8) is 0 Å². The van der Waals surface area contributed by atoms with Crippen LogP contribution in [0.15, 0.2) is 41.5 Å². The van der Waals surface area contributed by atoms with E-state index in [1.54, 1.807) is 16.9 Å². The van der Waals surface area contributed by atoms with Gasteiger partial charge in [-0.15, -0.1) is 0 Å². The summed E-state index contributed by atoms with van der Waals surface area (Å²) in [7, 11) is 1.64. The number of hydrogen-bond acceptors (Lipinski definition) is 6. The number of methoxy groups -OCH3 is 1. The van der Waals surface area contributed by atoms with E-state index < -0.39 is 0 Å². The molecular weight excluding hydrogens is 418 g/mol. The number of amides is 2. The minimum absolute atomic E-state index is 0.110. The van der Waals surface area contributed by atoms with E-state index in [9.17, 15) is 4.79 Å². The number of hydrogen-bond donors (Lipinski definition) is 0. The molecule has 1 fully saturated rings. The van der Waals surface area contributed by atoms with E-state index in [1.165, 1.54) is 0 Å². The molecule has 8 nitrogen and oxygen atoms in total. The van der Waals surface area contributed by atoms with Crippen LogP contribution in [0.25, 0.3) is 0 Å². The fourth-order valence-corrected chi connectivity index (χ4v) is 4.38. The first-order valence-corrected chi connectivity index (χ1v) is 10.7. The predicted molar refractivity (Wildman–Crippen MR) is 119 cm³/mol. The number of halogens is 1. The van der Waals surface area contributed by atoms with E-state index in [1.807, 2.05) is 36.5 Å². The number of ether oxygens (including phenoxy) is 2. The smallest absolute Gasteiger partial charge is 0.330 e. The van der Waals surface area contributed by atoms with Gasteiger partial charge in [0.25, 0.3) is 0 Å². The SMILES string of the molecule is COCC1CN=C2c3ncc(N4CCOCC4)cc3N(Cc3ccc(Cl)cc3)C(=O)N21. The Hall–Kier alpha value is -2.68. The first-order valence-electron chi connectivity index (χ1n) is 10.4. The minimum Gasteiger partial charge on any atom is -0.382 e. The number of morpholine rings is 1. The van der Waals surface area contributed by atoms with E-state index in [4.69, 9.17) is 26.1 Å². The lowest BCUT2D eigenvalue weighted by atomic mass is 10.1. The van der Waals surface area contributed by atoms with Gasteiger partial charge in [0.05, 0.1) is 56.5 Å². The molecule has 2 aromatic rings. The number of carbonyl (C=O) groups is 1. The molecule has 5 rings (SSSR count). The van der Waals surface area contributed by atoms with Gasteiger partial charge in [0.2, 0.25) is 0 Å². The van der Waals surface area contributed by atoms with Crippen LogP contribution in [0, 0.1) is 0 Å². The summed E-state index contributed by atoms with van der Waals surface area (Å²) in [5, 5.41) is 0.666. The topological polar surface area (TPSA) is 70.5 Å². The molecular formula is C22H24ClN5O3. The Morgan fingerprint density at radius 1 is 1.23 bits per heavy atom. The number of aliphatic imine (C=N–C) groups is 1. The van der Waals surface area contributed by atoms with E-state index in [2.05, 4.69) is 9.89 Å². The number of rotatable bonds is 5. The zero-order chi connectivity index (χ0) is 21.4. The van der Waals surface area contributed by atoms with E-state index in [-0.39, 0.29) is 12.1 Å². The van der Waals surface area contributed by atoms with Crippen molar-refractivity contribution in [2.75, 3.05) is 56.4 Å². The summed E-state index contributed by atoms with van der Waals surface area (Å²) in [4.78, 5) is 28.8. The molecule has 0 saturated carbocycles. The quantitative estimate of drug-likeness (QED) is 0.713. The number of carbonyl (C=O) groups excluding carboxylic acids is 1. The lowest BCUT2D eigenvalue weighted by molar-refractivity contribution is 0.122. The second kappa shape index (κ2) is 8.45. The summed E-state index contributed by atoms with van der Waals surface area (Å²) in [5.41, 5.74) is 3.47. The van der Waals surface area contributed by atoms with Crippen LogP contribution < -0.4 is 9.80 Å². The van der Waals surface area contributed by atoms with Gasteiger partial charge < -0.3 is 14.4 Å². The third-order valence-electron chi connectivity index (χ3n) is 5.83. The number of anilines is 2. The van der Waals surface area contributed by atoms with Gasteiger partial charge in [-0.3, -0.25) is 14.8 Å². The van der Waals surface area contributed by atoms with Crippen molar-refractivity contribution in [3.05, 3.63) is 52.8 Å². The average Bonchev–Trinajstić information content (AvgIpc) is 3.22. The highest BCUT2D eigenvalue weighted by Crippen LogP contribution is 2.35. The summed E-state index contributed by atoms with van der Waals surface area (Å²) in [5.74, 6) is 0.628. The number of urea groups is 1. The first kappa shape index (κ1) is 20.2. The molecule has 0 spiro atoms. The molecule has 0 aliphatic carbocycles. The maximum absolute atomic E-state index is 13.6. The average molecular weight is 442 g/mol. The Labute approximate surface area is 186 Å². The van der Waals surface area contributed by atoms with E-state index >= 15 is 0 Å². The van der Waals surface area contributed by atoms with Gasteiger partial charge in [0.1, 0.15) is 5.69 Å². The predicted octanol–water partition coefficient (Wildman–Crippen LogP) is 2.79. The van der Waals surface area contributed by atoms with Gasteiger partial charge in [0.15, 0.2) is 5.84 Å². The van der Waals surface area contributed by atoms with Gasteiger partial charge in [-0.1, -0.05) is 23.7 Å². The molecule has 0 radical (unpaired) electrons. The van der Waals surface area contributed by atoms with Crippen molar-refractivity contribution >= 4 is 34.8 Å². The van der Waals surface area contributed by atoms with Crippen molar-refractivity contribution in [2.45, 2.75) is 12.6 Å². The fourth-order valence-electron chi connectivity index (χ4n) is 4.25. The summed E-state index contributed by atoms with van der Waals surface area (Å²) in [6.45, 7) is 4.32. The normalized spacial score (nSPS) is 20.6. The Morgan fingerprint density at radius 3 is 2.74 bits per heavy atom. The fraction of sp³-hybridized carbons (Fsp3) is 0.409. The van der Waals surface area contributed by atoms with Gasteiger partial charge in [-0.05, 0) is 23.8 Å². The molecule has 2 amide bonds. The number of aromatic nitrogens is 1. The van der Waals surface area contributed by atoms with Crippen LogP contribution in [0.2, 0.25) is 5.02 Å². The largest absolute Gasteiger partial charge is 0.382 e. The molecule has 162 valence electrons. The highest BCUT2D eigenvalue weighted by Gasteiger charge is 2.43. The number of benzene rings is 1. The van der Waals surface area contributed by atoms with Crippen LogP contribution in [-0.4, -0.2) is 74.4 Å². The Kier molecular flexibility index (Phi) is 5.52. The molecule has 31 heavy (non-hydrogen) atoms. The van der Waals surface area contributed by atoms with Crippen LogP contribution in [0.1, 0.15) is 11.3 Å². The molecule has 3 aliphatic heterocycles. The standard InChI is InChI=1S/C22H24ClN5O3/c1-30-14-18-12-25-21-20-19(10-17(11-24-20)26-6-8-31-9-7-26)27(22(29)28(18)21)13-15-2-4-16(23)5-3-15/h2-5,10-11,18H,6-9,12-14H2,1H3. The second-order valence-electron chi connectivity index (χ2n) is 7.80. The van der Waals surface area contributed by atoms with Crippen LogP contribution in [0.4, 0.5) is 16.2 Å². The summed E-state index contributed by atoms with van der Waals surface area (Å²) >= 11 is 6.05. The van der Waals surface area contributed by atoms with Gasteiger partial charge in [0, 0.05) is 25.2 Å². The zero-order valence-corrected chi connectivity index (χ0v) is 18.1. The van der Waals surface area contributed by atoms with Crippen molar-refractivity contribution in [1.82, 2.24) is 9.88 Å². The number of amidine groups is 1. The maximum Gasteiger partial charge on any atom is 0.330 e. The lowest BCUT2D eigenvalue weighted by Crippen LogP contribution is -2.54. The number of nitrogens with zero attached hydrogens (tertiary/aromatic N) is 5. The molecule has 1 saturated heterocycles. The molecule has 3 aliphatic rings. The van der Waals surface area contributed by atoms with Crippen LogP contribution >= 0.6 is 11.6 Å². The molecule has 4 heterocycles. The molecule has 0 N–H and O–H groups in total. The van der Waals surface area contributed by atoms with Gasteiger partial charge >= 0.3 is 6.03 Å². The molecule has 1 atom stereocenters. The minimum atomic E-state index is -0.130. The molecule has 1 aromatic carbocycles. The van der Waals surface area contributed by atoms with Crippen molar-refractivity contribution in [3.8, 4) is 0 Å². The number of pyridine rings is 1. The lowest BCUT2D eigenvalue weighted by Gasteiger charge is -2.38. The summed E-state index contributed by atoms with van der Waals surface area (Å²) in [6.07, 6.45) is 1.87. The zero-order valence-electron chi connectivity index (χ0n) is 17.3. The summed E-state index contributed by atoms with van der Waals surface area (Å²) < 4.78 is 10.8. The van der Waals surface area contributed by atoms with Crippen molar-refractivity contribution in [1.29, 1.82) is 0 Å².